The quantitative estimate of drug-likeness (QED) is 0.945. The summed E-state index contributed by atoms with van der Waals surface area (Å²) in [5.74, 6) is 0. The third kappa shape index (κ3) is 3.64. The van der Waals surface area contributed by atoms with Gasteiger partial charge in [0, 0.05) is 37.1 Å². The van der Waals surface area contributed by atoms with E-state index in [1.54, 1.807) is 11.3 Å². The van der Waals surface area contributed by atoms with Gasteiger partial charge in [0.2, 0.25) is 0 Å². The SMILES string of the molecule is CN1CCN(C(=O)NCc2csc(-c3ccccc3)n2)CC1. The summed E-state index contributed by atoms with van der Waals surface area (Å²) < 4.78 is 0. The first-order chi connectivity index (χ1) is 10.7. The van der Waals surface area contributed by atoms with Gasteiger partial charge in [-0.3, -0.25) is 0 Å². The number of urea groups is 1. The number of nitrogens with one attached hydrogen (secondary N) is 1. The molecule has 0 unspecified atom stereocenters. The van der Waals surface area contributed by atoms with Gasteiger partial charge in [-0.2, -0.15) is 0 Å². The van der Waals surface area contributed by atoms with Crippen molar-refractivity contribution in [3.63, 3.8) is 0 Å². The van der Waals surface area contributed by atoms with Gasteiger partial charge in [0.05, 0.1) is 12.2 Å². The molecule has 5 nitrogen and oxygen atoms in total. The third-order valence-corrected chi connectivity index (χ3v) is 4.72. The van der Waals surface area contributed by atoms with Crippen LogP contribution < -0.4 is 5.32 Å². The molecule has 0 atom stereocenters. The topological polar surface area (TPSA) is 48.5 Å². The number of likely N-dealkylation sites (N-methyl/N-ethyl adjacent to an activating group) is 1. The number of thiazole rings is 1. The molecule has 6 heteroatoms. The highest BCUT2D eigenvalue weighted by molar-refractivity contribution is 7.13. The van der Waals surface area contributed by atoms with Crippen LogP contribution in [0.15, 0.2) is 35.7 Å². The highest BCUT2D eigenvalue weighted by Crippen LogP contribution is 2.23. The summed E-state index contributed by atoms with van der Waals surface area (Å²) in [5, 5.41) is 5.96. The fourth-order valence-corrected chi connectivity index (χ4v) is 3.21. The monoisotopic (exact) mass is 316 g/mol. The smallest absolute Gasteiger partial charge is 0.317 e. The van der Waals surface area contributed by atoms with E-state index >= 15 is 0 Å². The lowest BCUT2D eigenvalue weighted by Crippen LogP contribution is -2.50. The number of carbonyl (C=O) groups is 1. The maximum Gasteiger partial charge on any atom is 0.317 e. The van der Waals surface area contributed by atoms with Crippen LogP contribution in [0.1, 0.15) is 5.69 Å². The van der Waals surface area contributed by atoms with Gasteiger partial charge < -0.3 is 15.1 Å². The highest BCUT2D eigenvalue weighted by Gasteiger charge is 2.18. The number of aromatic nitrogens is 1. The van der Waals surface area contributed by atoms with Gasteiger partial charge in [0.1, 0.15) is 5.01 Å². The van der Waals surface area contributed by atoms with Crippen molar-refractivity contribution >= 4 is 17.4 Å². The van der Waals surface area contributed by atoms with Crippen LogP contribution >= 0.6 is 11.3 Å². The Morgan fingerprint density at radius 2 is 1.95 bits per heavy atom. The summed E-state index contributed by atoms with van der Waals surface area (Å²) in [7, 11) is 2.08. The van der Waals surface area contributed by atoms with Crippen LogP contribution in [0.4, 0.5) is 4.79 Å². The van der Waals surface area contributed by atoms with E-state index in [4.69, 9.17) is 0 Å². The van der Waals surface area contributed by atoms with Crippen molar-refractivity contribution in [2.45, 2.75) is 6.54 Å². The average molecular weight is 316 g/mol. The number of hydrogen-bond acceptors (Lipinski definition) is 4. The molecule has 3 rings (SSSR count). The second-order valence-corrected chi connectivity index (χ2v) is 6.32. The summed E-state index contributed by atoms with van der Waals surface area (Å²) in [6.45, 7) is 3.92. The minimum atomic E-state index is 0.00219. The van der Waals surface area contributed by atoms with E-state index in [0.29, 0.717) is 6.54 Å². The van der Waals surface area contributed by atoms with Crippen molar-refractivity contribution in [1.29, 1.82) is 0 Å². The Morgan fingerprint density at radius 1 is 1.23 bits per heavy atom. The Bertz CT molecular complexity index is 620. The average Bonchev–Trinajstić information content (AvgIpc) is 3.03. The number of benzene rings is 1. The Balaban J connectivity index is 1.54. The normalized spacial score (nSPS) is 15.8. The molecule has 116 valence electrons. The molecular weight excluding hydrogens is 296 g/mol. The van der Waals surface area contributed by atoms with Gasteiger partial charge in [0.15, 0.2) is 0 Å². The Labute approximate surface area is 134 Å². The zero-order valence-electron chi connectivity index (χ0n) is 12.7. The molecule has 1 saturated heterocycles. The van der Waals surface area contributed by atoms with E-state index in [2.05, 4.69) is 22.2 Å². The van der Waals surface area contributed by atoms with Crippen molar-refractivity contribution in [3.8, 4) is 10.6 Å². The lowest BCUT2D eigenvalue weighted by molar-refractivity contribution is 0.154. The van der Waals surface area contributed by atoms with E-state index in [-0.39, 0.29) is 6.03 Å². The highest BCUT2D eigenvalue weighted by atomic mass is 32.1. The molecule has 1 aliphatic rings. The minimum absolute atomic E-state index is 0.00219. The van der Waals surface area contributed by atoms with Crippen LogP contribution in [0.5, 0.6) is 0 Å². The molecular formula is C16H20N4OS. The predicted molar refractivity (Wildman–Crippen MR) is 88.9 cm³/mol. The summed E-state index contributed by atoms with van der Waals surface area (Å²) in [6, 6.07) is 10.1. The van der Waals surface area contributed by atoms with E-state index < -0.39 is 0 Å². The molecule has 1 N–H and O–H groups in total. The van der Waals surface area contributed by atoms with Crippen LogP contribution in [0, 0.1) is 0 Å². The molecule has 2 heterocycles. The second-order valence-electron chi connectivity index (χ2n) is 5.46. The molecule has 1 fully saturated rings. The first-order valence-corrected chi connectivity index (χ1v) is 8.31. The molecule has 1 aromatic carbocycles. The number of piperazine rings is 1. The summed E-state index contributed by atoms with van der Waals surface area (Å²) in [6.07, 6.45) is 0. The van der Waals surface area contributed by atoms with Crippen LogP contribution in [0.25, 0.3) is 10.6 Å². The maximum atomic E-state index is 12.1. The molecule has 0 bridgehead atoms. The Kier molecular flexibility index (Phi) is 4.70. The van der Waals surface area contributed by atoms with Crippen molar-refractivity contribution in [2.75, 3.05) is 33.2 Å². The van der Waals surface area contributed by atoms with E-state index in [1.165, 1.54) is 0 Å². The number of nitrogens with zero attached hydrogens (tertiary/aromatic N) is 3. The first kappa shape index (κ1) is 15.0. The Morgan fingerprint density at radius 3 is 2.68 bits per heavy atom. The van der Waals surface area contributed by atoms with E-state index in [1.807, 2.05) is 40.6 Å². The maximum absolute atomic E-state index is 12.1. The number of carbonyl (C=O) groups excluding carboxylic acids is 1. The molecule has 0 spiro atoms. The second kappa shape index (κ2) is 6.89. The van der Waals surface area contributed by atoms with Crippen molar-refractivity contribution in [1.82, 2.24) is 20.1 Å². The van der Waals surface area contributed by atoms with Gasteiger partial charge in [-0.05, 0) is 7.05 Å². The number of hydrogen-bond donors (Lipinski definition) is 1. The summed E-state index contributed by atoms with van der Waals surface area (Å²) in [4.78, 5) is 20.8. The molecule has 0 saturated carbocycles. The predicted octanol–water partition coefficient (Wildman–Crippen LogP) is 2.27. The Hall–Kier alpha value is -1.92. The van der Waals surface area contributed by atoms with Gasteiger partial charge >= 0.3 is 6.03 Å². The van der Waals surface area contributed by atoms with Crippen LogP contribution in [0.2, 0.25) is 0 Å². The fourth-order valence-electron chi connectivity index (χ4n) is 2.39. The first-order valence-electron chi connectivity index (χ1n) is 7.43. The zero-order valence-corrected chi connectivity index (χ0v) is 13.5. The van der Waals surface area contributed by atoms with Crippen molar-refractivity contribution in [2.24, 2.45) is 0 Å². The minimum Gasteiger partial charge on any atom is -0.332 e. The fraction of sp³-hybridized carbons (Fsp3) is 0.375. The van der Waals surface area contributed by atoms with Gasteiger partial charge in [-0.25, -0.2) is 9.78 Å². The summed E-state index contributed by atoms with van der Waals surface area (Å²) in [5.41, 5.74) is 2.02. The number of amides is 2. The van der Waals surface area contributed by atoms with Crippen molar-refractivity contribution < 1.29 is 4.79 Å². The van der Waals surface area contributed by atoms with Crippen LogP contribution in [-0.4, -0.2) is 54.0 Å². The van der Waals surface area contributed by atoms with Crippen LogP contribution in [-0.2, 0) is 6.54 Å². The largest absolute Gasteiger partial charge is 0.332 e. The van der Waals surface area contributed by atoms with Gasteiger partial charge in [-0.15, -0.1) is 11.3 Å². The third-order valence-electron chi connectivity index (χ3n) is 3.78. The van der Waals surface area contributed by atoms with Gasteiger partial charge in [-0.1, -0.05) is 30.3 Å². The lowest BCUT2D eigenvalue weighted by Gasteiger charge is -2.32. The molecule has 22 heavy (non-hydrogen) atoms. The van der Waals surface area contributed by atoms with Gasteiger partial charge in [0.25, 0.3) is 0 Å². The van der Waals surface area contributed by atoms with Crippen LogP contribution in [0.3, 0.4) is 0 Å². The van der Waals surface area contributed by atoms with E-state index in [9.17, 15) is 4.79 Å². The van der Waals surface area contributed by atoms with E-state index in [0.717, 1.165) is 42.4 Å². The summed E-state index contributed by atoms with van der Waals surface area (Å²) >= 11 is 1.61. The molecule has 1 aromatic heterocycles. The molecule has 0 aliphatic carbocycles. The zero-order chi connectivity index (χ0) is 15.4. The molecule has 2 aromatic rings. The lowest BCUT2D eigenvalue weighted by atomic mass is 10.2. The number of rotatable bonds is 3. The van der Waals surface area contributed by atoms with Crippen molar-refractivity contribution in [3.05, 3.63) is 41.4 Å². The molecule has 1 aliphatic heterocycles. The molecule has 2 amide bonds. The molecule has 0 radical (unpaired) electrons. The standard InChI is InChI=1S/C16H20N4OS/c1-19-7-9-20(10-8-19)16(21)17-11-14-12-22-15(18-14)13-5-3-2-4-6-13/h2-6,12H,7-11H2,1H3,(H,17,21).